The monoisotopic (exact) mass is 316 g/mol. The molecule has 1 unspecified atom stereocenters. The predicted molar refractivity (Wildman–Crippen MR) is 85.4 cm³/mol. The Morgan fingerprint density at radius 1 is 0.864 bits per heavy atom. The third kappa shape index (κ3) is 12.6. The zero-order valence-corrected chi connectivity index (χ0v) is 14.1. The van der Waals surface area contributed by atoms with E-state index in [0.717, 1.165) is 38.5 Å². The molecule has 0 saturated carbocycles. The van der Waals surface area contributed by atoms with Gasteiger partial charge in [-0.15, -0.1) is 0 Å². The molecule has 0 aromatic heterocycles. The van der Waals surface area contributed by atoms with Crippen molar-refractivity contribution in [2.75, 3.05) is 13.2 Å². The second-order valence-corrected chi connectivity index (χ2v) is 5.60. The van der Waals surface area contributed by atoms with Crippen LogP contribution in [0.4, 0.5) is 0 Å². The number of carbonyl (C=O) groups excluding carboxylic acids is 2. The molecule has 0 bridgehead atoms. The molecule has 0 aromatic rings. The number of carbonyl (C=O) groups is 2. The third-order valence-electron chi connectivity index (χ3n) is 3.40. The standard InChI is InChI=1S/C17H32O5/c1-3-5-7-8-10-11-16(19)21-14-15(13-18)22-17(20)12-9-6-4-2/h15,18H,3-14H2,1-2H3. The summed E-state index contributed by atoms with van der Waals surface area (Å²) in [6.07, 6.45) is 8.11. The number of hydrogen-bond acceptors (Lipinski definition) is 5. The first kappa shape index (κ1) is 20.9. The highest BCUT2D eigenvalue weighted by Gasteiger charge is 2.15. The van der Waals surface area contributed by atoms with E-state index in [1.165, 1.54) is 12.8 Å². The van der Waals surface area contributed by atoms with Crippen LogP contribution in [0.5, 0.6) is 0 Å². The average molecular weight is 316 g/mol. The molecule has 0 radical (unpaired) electrons. The van der Waals surface area contributed by atoms with Gasteiger partial charge in [0, 0.05) is 12.8 Å². The molecule has 0 fully saturated rings. The molecule has 0 aliphatic carbocycles. The van der Waals surface area contributed by atoms with Crippen molar-refractivity contribution >= 4 is 11.9 Å². The van der Waals surface area contributed by atoms with Crippen LogP contribution in [0, 0.1) is 0 Å². The highest BCUT2D eigenvalue weighted by molar-refractivity contribution is 5.70. The molecule has 22 heavy (non-hydrogen) atoms. The molecule has 0 spiro atoms. The van der Waals surface area contributed by atoms with Crippen molar-refractivity contribution in [1.29, 1.82) is 0 Å². The minimum atomic E-state index is -0.752. The van der Waals surface area contributed by atoms with Crippen LogP contribution in [-0.2, 0) is 19.1 Å². The predicted octanol–water partition coefficient (Wildman–Crippen LogP) is 3.37. The third-order valence-corrected chi connectivity index (χ3v) is 3.40. The molecule has 1 atom stereocenters. The second-order valence-electron chi connectivity index (χ2n) is 5.60. The fourth-order valence-corrected chi connectivity index (χ4v) is 2.02. The van der Waals surface area contributed by atoms with Crippen molar-refractivity contribution < 1.29 is 24.2 Å². The van der Waals surface area contributed by atoms with Crippen LogP contribution in [0.15, 0.2) is 0 Å². The lowest BCUT2D eigenvalue weighted by Crippen LogP contribution is -2.28. The van der Waals surface area contributed by atoms with Gasteiger partial charge in [-0.25, -0.2) is 0 Å². The quantitative estimate of drug-likeness (QED) is 0.393. The van der Waals surface area contributed by atoms with Crippen molar-refractivity contribution in [3.63, 3.8) is 0 Å². The van der Waals surface area contributed by atoms with E-state index in [1.54, 1.807) is 0 Å². The summed E-state index contributed by atoms with van der Waals surface area (Å²) < 4.78 is 10.1. The molecule has 0 aliphatic heterocycles. The van der Waals surface area contributed by atoms with Gasteiger partial charge in [-0.1, -0.05) is 52.4 Å². The van der Waals surface area contributed by atoms with Gasteiger partial charge in [-0.2, -0.15) is 0 Å². The summed E-state index contributed by atoms with van der Waals surface area (Å²) in [6.45, 7) is 3.81. The lowest BCUT2D eigenvalue weighted by atomic mass is 10.1. The van der Waals surface area contributed by atoms with Gasteiger partial charge in [-0.3, -0.25) is 9.59 Å². The van der Waals surface area contributed by atoms with E-state index in [1.807, 2.05) is 0 Å². The maximum atomic E-state index is 11.5. The van der Waals surface area contributed by atoms with Crippen molar-refractivity contribution in [2.24, 2.45) is 0 Å². The van der Waals surface area contributed by atoms with Crippen molar-refractivity contribution in [2.45, 2.75) is 84.2 Å². The van der Waals surface area contributed by atoms with Crippen molar-refractivity contribution in [3.05, 3.63) is 0 Å². The van der Waals surface area contributed by atoms with Crippen LogP contribution in [-0.4, -0.2) is 36.4 Å². The molecular formula is C17H32O5. The summed E-state index contributed by atoms with van der Waals surface area (Å²) in [5.41, 5.74) is 0. The lowest BCUT2D eigenvalue weighted by molar-refractivity contribution is -0.161. The lowest BCUT2D eigenvalue weighted by Gasteiger charge is -2.15. The van der Waals surface area contributed by atoms with Crippen LogP contribution in [0.25, 0.3) is 0 Å². The summed E-state index contributed by atoms with van der Waals surface area (Å²) >= 11 is 0. The van der Waals surface area contributed by atoms with Crippen LogP contribution >= 0.6 is 0 Å². The minimum Gasteiger partial charge on any atom is -0.462 e. The number of aliphatic hydroxyl groups is 1. The fraction of sp³-hybridized carbons (Fsp3) is 0.882. The van der Waals surface area contributed by atoms with E-state index in [4.69, 9.17) is 14.6 Å². The summed E-state index contributed by atoms with van der Waals surface area (Å²) in [5.74, 6) is -0.639. The maximum absolute atomic E-state index is 11.5. The van der Waals surface area contributed by atoms with Gasteiger partial charge >= 0.3 is 11.9 Å². The number of esters is 2. The van der Waals surface area contributed by atoms with Crippen LogP contribution in [0.3, 0.4) is 0 Å². The van der Waals surface area contributed by atoms with E-state index >= 15 is 0 Å². The Morgan fingerprint density at radius 2 is 1.41 bits per heavy atom. The molecule has 5 nitrogen and oxygen atoms in total. The highest BCUT2D eigenvalue weighted by Crippen LogP contribution is 2.07. The molecule has 0 heterocycles. The van der Waals surface area contributed by atoms with Crippen molar-refractivity contribution in [3.8, 4) is 0 Å². The van der Waals surface area contributed by atoms with E-state index in [0.29, 0.717) is 12.8 Å². The molecule has 0 amide bonds. The fourth-order valence-electron chi connectivity index (χ4n) is 2.02. The summed E-state index contributed by atoms with van der Waals surface area (Å²) in [4.78, 5) is 23.1. The summed E-state index contributed by atoms with van der Waals surface area (Å²) in [5, 5.41) is 9.16. The number of hydrogen-bond donors (Lipinski definition) is 1. The van der Waals surface area contributed by atoms with Gasteiger partial charge < -0.3 is 14.6 Å². The Bertz CT molecular complexity index is 291. The molecule has 5 heteroatoms. The van der Waals surface area contributed by atoms with Crippen LogP contribution in [0.2, 0.25) is 0 Å². The van der Waals surface area contributed by atoms with Gasteiger partial charge in [0.25, 0.3) is 0 Å². The Hall–Kier alpha value is -1.10. The first-order valence-electron chi connectivity index (χ1n) is 8.59. The van der Waals surface area contributed by atoms with Gasteiger partial charge in [0.05, 0.1) is 6.61 Å². The molecule has 130 valence electrons. The van der Waals surface area contributed by atoms with E-state index in [9.17, 15) is 9.59 Å². The zero-order valence-electron chi connectivity index (χ0n) is 14.1. The first-order chi connectivity index (χ1) is 10.6. The second kappa shape index (κ2) is 14.8. The molecular weight excluding hydrogens is 284 g/mol. The highest BCUT2D eigenvalue weighted by atomic mass is 16.6. The molecule has 0 aromatic carbocycles. The van der Waals surface area contributed by atoms with E-state index in [2.05, 4.69) is 13.8 Å². The Labute approximate surface area is 134 Å². The van der Waals surface area contributed by atoms with Crippen LogP contribution < -0.4 is 0 Å². The average Bonchev–Trinajstić information content (AvgIpc) is 2.51. The van der Waals surface area contributed by atoms with Gasteiger partial charge in [-0.05, 0) is 12.8 Å². The number of aliphatic hydroxyl groups excluding tert-OH is 1. The molecule has 0 saturated heterocycles. The number of ether oxygens (including phenoxy) is 2. The molecule has 0 aliphatic rings. The normalized spacial score (nSPS) is 12.0. The topological polar surface area (TPSA) is 72.8 Å². The minimum absolute atomic E-state index is 0.0657. The Kier molecular flexibility index (Phi) is 14.1. The zero-order chi connectivity index (χ0) is 16.6. The molecule has 0 rings (SSSR count). The summed E-state index contributed by atoms with van der Waals surface area (Å²) in [7, 11) is 0. The number of unbranched alkanes of at least 4 members (excludes halogenated alkanes) is 6. The largest absolute Gasteiger partial charge is 0.462 e. The first-order valence-corrected chi connectivity index (χ1v) is 8.59. The maximum Gasteiger partial charge on any atom is 0.306 e. The number of rotatable bonds is 14. The molecule has 1 N–H and O–H groups in total. The van der Waals surface area contributed by atoms with E-state index in [-0.39, 0.29) is 25.2 Å². The van der Waals surface area contributed by atoms with Gasteiger partial charge in [0.2, 0.25) is 0 Å². The smallest absolute Gasteiger partial charge is 0.306 e. The Balaban J connectivity index is 3.74. The Morgan fingerprint density at radius 3 is 2.05 bits per heavy atom. The summed E-state index contributed by atoms with van der Waals surface area (Å²) in [6, 6.07) is 0. The van der Waals surface area contributed by atoms with E-state index < -0.39 is 6.10 Å². The van der Waals surface area contributed by atoms with Gasteiger partial charge in [0.15, 0.2) is 6.10 Å². The van der Waals surface area contributed by atoms with Gasteiger partial charge in [0.1, 0.15) is 6.61 Å². The van der Waals surface area contributed by atoms with Crippen LogP contribution in [0.1, 0.15) is 78.1 Å². The van der Waals surface area contributed by atoms with Crippen molar-refractivity contribution in [1.82, 2.24) is 0 Å². The SMILES string of the molecule is CCCCCCCC(=O)OCC(CO)OC(=O)CCCCC.